The Labute approximate surface area is 178 Å². The van der Waals surface area contributed by atoms with Crippen LogP contribution in [0.15, 0.2) is 48.5 Å². The van der Waals surface area contributed by atoms with E-state index in [9.17, 15) is 9.59 Å². The third kappa shape index (κ3) is 6.23. The Balaban J connectivity index is 2.16. The summed E-state index contributed by atoms with van der Waals surface area (Å²) in [4.78, 5) is 26.9. The van der Waals surface area contributed by atoms with Crippen molar-refractivity contribution in [1.29, 1.82) is 0 Å². The van der Waals surface area contributed by atoms with Crippen molar-refractivity contribution in [1.82, 2.24) is 10.2 Å². The van der Waals surface area contributed by atoms with Gasteiger partial charge in [0.05, 0.1) is 0 Å². The summed E-state index contributed by atoms with van der Waals surface area (Å²) < 4.78 is 5.70. The van der Waals surface area contributed by atoms with Gasteiger partial charge in [0, 0.05) is 18.6 Å². The van der Waals surface area contributed by atoms with E-state index in [1.165, 1.54) is 10.5 Å². The molecule has 0 spiro atoms. The predicted molar refractivity (Wildman–Crippen MR) is 116 cm³/mol. The van der Waals surface area contributed by atoms with Crippen LogP contribution in [0.5, 0.6) is 5.75 Å². The lowest BCUT2D eigenvalue weighted by molar-refractivity contribution is -0.142. The molecule has 0 aliphatic heterocycles. The predicted octanol–water partition coefficient (Wildman–Crippen LogP) is 4.40. The Morgan fingerprint density at radius 2 is 1.76 bits per heavy atom. The molecule has 156 valence electrons. The zero-order chi connectivity index (χ0) is 21.4. The molecule has 0 unspecified atom stereocenters. The van der Waals surface area contributed by atoms with Gasteiger partial charge in [-0.25, -0.2) is 0 Å². The lowest BCUT2D eigenvalue weighted by Crippen LogP contribution is -2.49. The van der Waals surface area contributed by atoms with Crippen LogP contribution < -0.4 is 10.1 Å². The largest absolute Gasteiger partial charge is 0.484 e. The molecule has 1 atom stereocenters. The summed E-state index contributed by atoms with van der Waals surface area (Å²) in [6.07, 6.45) is 0.485. The molecule has 2 aromatic carbocycles. The standard InChI is InChI=1S/C23H29ClN2O3/c1-5-21(23(28)25-4)26(14-18-8-6-7-9-20(18)24)22(27)15-29-19-12-10-17(11-13-19)16(2)3/h6-13,16,21H,5,14-15H2,1-4H3,(H,25,28)/t21-/m1/s1. The molecule has 5 nitrogen and oxygen atoms in total. The molecule has 0 bridgehead atoms. The van der Waals surface area contributed by atoms with Crippen molar-refractivity contribution in [2.24, 2.45) is 0 Å². The first-order chi connectivity index (χ1) is 13.9. The van der Waals surface area contributed by atoms with Gasteiger partial charge < -0.3 is 15.0 Å². The van der Waals surface area contributed by atoms with E-state index < -0.39 is 6.04 Å². The number of rotatable bonds is 9. The lowest BCUT2D eigenvalue weighted by atomic mass is 10.0. The number of ether oxygens (including phenoxy) is 1. The molecule has 2 rings (SSSR count). The molecule has 6 heteroatoms. The van der Waals surface area contributed by atoms with Crippen LogP contribution in [0.1, 0.15) is 44.2 Å². The maximum absolute atomic E-state index is 13.0. The van der Waals surface area contributed by atoms with Gasteiger partial charge in [-0.15, -0.1) is 0 Å². The van der Waals surface area contributed by atoms with E-state index in [0.717, 1.165) is 5.56 Å². The van der Waals surface area contributed by atoms with E-state index in [1.54, 1.807) is 13.1 Å². The number of hydrogen-bond acceptors (Lipinski definition) is 3. The van der Waals surface area contributed by atoms with Crippen molar-refractivity contribution in [3.8, 4) is 5.75 Å². The number of carbonyl (C=O) groups is 2. The molecule has 0 aliphatic rings. The van der Waals surface area contributed by atoms with Gasteiger partial charge in [0.25, 0.3) is 5.91 Å². The average Bonchev–Trinajstić information content (AvgIpc) is 2.73. The van der Waals surface area contributed by atoms with E-state index in [4.69, 9.17) is 16.3 Å². The Bertz CT molecular complexity index is 821. The van der Waals surface area contributed by atoms with Gasteiger partial charge in [-0.05, 0) is 41.7 Å². The first-order valence-corrected chi connectivity index (χ1v) is 10.2. The van der Waals surface area contributed by atoms with Gasteiger partial charge in [-0.2, -0.15) is 0 Å². The van der Waals surface area contributed by atoms with Crippen molar-refractivity contribution in [2.75, 3.05) is 13.7 Å². The van der Waals surface area contributed by atoms with E-state index in [2.05, 4.69) is 19.2 Å². The zero-order valence-electron chi connectivity index (χ0n) is 17.4. The summed E-state index contributed by atoms with van der Waals surface area (Å²) in [6, 6.07) is 14.4. The quantitative estimate of drug-likeness (QED) is 0.659. The second kappa shape index (κ2) is 10.9. The van der Waals surface area contributed by atoms with Gasteiger partial charge in [-0.3, -0.25) is 9.59 Å². The summed E-state index contributed by atoms with van der Waals surface area (Å²) >= 11 is 6.28. The van der Waals surface area contributed by atoms with Crippen molar-refractivity contribution >= 4 is 23.4 Å². The van der Waals surface area contributed by atoms with Gasteiger partial charge in [0.1, 0.15) is 11.8 Å². The molecule has 0 aromatic heterocycles. The number of amides is 2. The van der Waals surface area contributed by atoms with Gasteiger partial charge in [0.2, 0.25) is 5.91 Å². The fourth-order valence-corrected chi connectivity index (χ4v) is 3.27. The monoisotopic (exact) mass is 416 g/mol. The molecule has 2 aromatic rings. The molecule has 29 heavy (non-hydrogen) atoms. The van der Waals surface area contributed by atoms with Gasteiger partial charge >= 0.3 is 0 Å². The number of halogens is 1. The summed E-state index contributed by atoms with van der Waals surface area (Å²) in [5.74, 6) is 0.561. The highest BCUT2D eigenvalue weighted by atomic mass is 35.5. The number of carbonyl (C=O) groups excluding carboxylic acids is 2. The molecule has 2 amide bonds. The van der Waals surface area contributed by atoms with E-state index in [0.29, 0.717) is 23.1 Å². The summed E-state index contributed by atoms with van der Waals surface area (Å²) in [5.41, 5.74) is 1.99. The third-order valence-corrected chi connectivity index (χ3v) is 5.21. The van der Waals surface area contributed by atoms with E-state index in [-0.39, 0.29) is 25.0 Å². The fraction of sp³-hybridized carbons (Fsp3) is 0.391. The average molecular weight is 417 g/mol. The molecule has 0 aliphatic carbocycles. The minimum Gasteiger partial charge on any atom is -0.484 e. The smallest absolute Gasteiger partial charge is 0.261 e. The van der Waals surface area contributed by atoms with Crippen LogP contribution in [0.4, 0.5) is 0 Å². The van der Waals surface area contributed by atoms with Crippen molar-refractivity contribution in [3.05, 3.63) is 64.7 Å². The Kier molecular flexibility index (Phi) is 8.52. The number of nitrogens with one attached hydrogen (secondary N) is 1. The van der Waals surface area contributed by atoms with Crippen LogP contribution in [0, 0.1) is 0 Å². The van der Waals surface area contributed by atoms with Crippen LogP contribution >= 0.6 is 11.6 Å². The van der Waals surface area contributed by atoms with Gasteiger partial charge in [-0.1, -0.05) is 62.7 Å². The SMILES string of the molecule is CC[C@H](C(=O)NC)N(Cc1ccccc1Cl)C(=O)COc1ccc(C(C)C)cc1. The molecule has 0 saturated carbocycles. The second-order valence-electron chi connectivity index (χ2n) is 7.16. The maximum Gasteiger partial charge on any atom is 0.261 e. The number of nitrogens with zero attached hydrogens (tertiary/aromatic N) is 1. The van der Waals surface area contributed by atoms with E-state index >= 15 is 0 Å². The molecule has 0 heterocycles. The first kappa shape index (κ1) is 22.8. The second-order valence-corrected chi connectivity index (χ2v) is 7.57. The van der Waals surface area contributed by atoms with Crippen LogP contribution in [0.25, 0.3) is 0 Å². The fourth-order valence-electron chi connectivity index (χ4n) is 3.07. The Morgan fingerprint density at radius 3 is 2.31 bits per heavy atom. The van der Waals surface area contributed by atoms with Crippen LogP contribution in [-0.2, 0) is 16.1 Å². The molecular weight excluding hydrogens is 388 g/mol. The maximum atomic E-state index is 13.0. The minimum absolute atomic E-state index is 0.154. The zero-order valence-corrected chi connectivity index (χ0v) is 18.2. The molecular formula is C23H29ClN2O3. The topological polar surface area (TPSA) is 58.6 Å². The molecule has 0 saturated heterocycles. The highest BCUT2D eigenvalue weighted by molar-refractivity contribution is 6.31. The highest BCUT2D eigenvalue weighted by Gasteiger charge is 2.28. The first-order valence-electron chi connectivity index (χ1n) is 9.84. The van der Waals surface area contributed by atoms with Crippen molar-refractivity contribution < 1.29 is 14.3 Å². The number of likely N-dealkylation sites (N-methyl/N-ethyl adjacent to an activating group) is 1. The van der Waals surface area contributed by atoms with Crippen LogP contribution in [0.2, 0.25) is 5.02 Å². The number of benzene rings is 2. The lowest BCUT2D eigenvalue weighted by Gasteiger charge is -2.30. The molecule has 0 radical (unpaired) electrons. The number of hydrogen-bond donors (Lipinski definition) is 1. The summed E-state index contributed by atoms with van der Waals surface area (Å²) in [7, 11) is 1.57. The van der Waals surface area contributed by atoms with Crippen LogP contribution in [-0.4, -0.2) is 36.4 Å². The summed E-state index contributed by atoms with van der Waals surface area (Å²) in [5, 5.41) is 3.19. The van der Waals surface area contributed by atoms with Gasteiger partial charge in [0.15, 0.2) is 6.61 Å². The third-order valence-electron chi connectivity index (χ3n) is 4.84. The van der Waals surface area contributed by atoms with E-state index in [1.807, 2.05) is 49.4 Å². The van der Waals surface area contributed by atoms with Crippen molar-refractivity contribution in [3.63, 3.8) is 0 Å². The Morgan fingerprint density at radius 1 is 1.10 bits per heavy atom. The minimum atomic E-state index is -0.601. The van der Waals surface area contributed by atoms with Crippen LogP contribution in [0.3, 0.4) is 0 Å². The highest BCUT2D eigenvalue weighted by Crippen LogP contribution is 2.21. The van der Waals surface area contributed by atoms with Crippen molar-refractivity contribution in [2.45, 2.75) is 45.7 Å². The molecule has 1 N–H and O–H groups in total. The Hall–Kier alpha value is -2.53. The normalized spacial score (nSPS) is 11.8. The summed E-state index contributed by atoms with van der Waals surface area (Å²) in [6.45, 7) is 6.20. The molecule has 0 fully saturated rings.